The van der Waals surface area contributed by atoms with Gasteiger partial charge in [-0.25, -0.2) is 0 Å². The summed E-state index contributed by atoms with van der Waals surface area (Å²) in [5, 5.41) is 3.02. The molecule has 1 aliphatic heterocycles. The fourth-order valence-corrected chi connectivity index (χ4v) is 4.62. The number of hydrogen-bond acceptors (Lipinski definition) is 6. The molecule has 3 aromatic carbocycles. The number of nitrogens with zero attached hydrogens (tertiary/aromatic N) is 1. The fourth-order valence-electron chi connectivity index (χ4n) is 3.99. The maximum atomic E-state index is 13.4. The number of halogens is 1. The molecule has 0 unspecified atom stereocenters. The Morgan fingerprint density at radius 1 is 1.06 bits per heavy atom. The van der Waals surface area contributed by atoms with Crippen molar-refractivity contribution in [1.29, 1.82) is 0 Å². The van der Waals surface area contributed by atoms with Gasteiger partial charge in [0.2, 0.25) is 5.78 Å². The van der Waals surface area contributed by atoms with Crippen LogP contribution in [0.2, 0.25) is 0 Å². The molecule has 1 heterocycles. The van der Waals surface area contributed by atoms with E-state index < -0.39 is 5.60 Å². The summed E-state index contributed by atoms with van der Waals surface area (Å²) in [4.78, 5) is 24.4. The predicted molar refractivity (Wildman–Crippen MR) is 144 cm³/mol. The molecule has 0 amide bonds. The van der Waals surface area contributed by atoms with Gasteiger partial charge in [-0.2, -0.15) is 4.91 Å². The zero-order chi connectivity index (χ0) is 25.7. The average molecular weight is 550 g/mol. The first kappa shape index (κ1) is 25.6. The van der Waals surface area contributed by atoms with Gasteiger partial charge in [0.25, 0.3) is 0 Å². The van der Waals surface area contributed by atoms with E-state index in [9.17, 15) is 9.70 Å². The van der Waals surface area contributed by atoms with Crippen LogP contribution in [-0.2, 0) is 19.6 Å². The first-order chi connectivity index (χ1) is 17.3. The Morgan fingerprint density at radius 2 is 1.83 bits per heavy atom. The van der Waals surface area contributed by atoms with E-state index in [0.717, 1.165) is 22.0 Å². The first-order valence-corrected chi connectivity index (χ1v) is 12.6. The van der Waals surface area contributed by atoms with Crippen LogP contribution in [0.5, 0.6) is 17.2 Å². The molecule has 0 saturated carbocycles. The van der Waals surface area contributed by atoms with Gasteiger partial charge >= 0.3 is 0 Å². The molecule has 0 aliphatic carbocycles. The number of ether oxygens (including phenoxy) is 3. The molecule has 7 heteroatoms. The Labute approximate surface area is 219 Å². The monoisotopic (exact) mass is 549 g/mol. The molecular formula is C29H28BrNO5. The van der Waals surface area contributed by atoms with Gasteiger partial charge in [0.1, 0.15) is 36.0 Å². The summed E-state index contributed by atoms with van der Waals surface area (Å²) in [5.74, 6) is 1.30. The van der Waals surface area contributed by atoms with Crippen molar-refractivity contribution in [2.75, 3.05) is 6.61 Å². The highest BCUT2D eigenvalue weighted by atomic mass is 79.9. The van der Waals surface area contributed by atoms with E-state index >= 15 is 0 Å². The van der Waals surface area contributed by atoms with E-state index in [1.165, 1.54) is 0 Å². The van der Waals surface area contributed by atoms with Crippen LogP contribution >= 0.6 is 15.9 Å². The molecule has 1 aliphatic rings. The second-order valence-electron chi connectivity index (χ2n) is 9.07. The van der Waals surface area contributed by atoms with Crippen LogP contribution in [0.3, 0.4) is 0 Å². The molecule has 0 radical (unpaired) electrons. The summed E-state index contributed by atoms with van der Waals surface area (Å²) in [6.07, 6.45) is 4.60. The van der Waals surface area contributed by atoms with Crippen molar-refractivity contribution in [2.24, 2.45) is 5.18 Å². The summed E-state index contributed by atoms with van der Waals surface area (Å²) in [6.45, 7) is 5.98. The first-order valence-electron chi connectivity index (χ1n) is 11.8. The van der Waals surface area contributed by atoms with Gasteiger partial charge in [0.15, 0.2) is 6.61 Å². The standard InChI is InChI=1S/C29H28BrNO5/c1-4-20-14-27(34-17-19-8-6-5-7-9-19)23(15-24(20)30)25(32)18-35-28-21(16-31-33)10-11-26-22(28)12-13-29(2,3)36-26/h5-15H,4,16-18H2,1-3H3. The quantitative estimate of drug-likeness (QED) is 0.196. The number of nitroso groups, excluding NO2 is 1. The number of ketones is 1. The Hall–Kier alpha value is -3.45. The maximum Gasteiger partial charge on any atom is 0.203 e. The number of fused-ring (bicyclic) bond motifs is 1. The lowest BCUT2D eigenvalue weighted by molar-refractivity contribution is 0.0914. The minimum Gasteiger partial charge on any atom is -0.488 e. The maximum absolute atomic E-state index is 13.4. The third-order valence-electron chi connectivity index (χ3n) is 5.91. The van der Waals surface area contributed by atoms with Crippen LogP contribution in [0.4, 0.5) is 0 Å². The van der Waals surface area contributed by atoms with Crippen molar-refractivity contribution in [1.82, 2.24) is 0 Å². The lowest BCUT2D eigenvalue weighted by Gasteiger charge is -2.29. The molecule has 0 bridgehead atoms. The number of carbonyl (C=O) groups excluding carboxylic acids is 1. The second-order valence-corrected chi connectivity index (χ2v) is 9.93. The lowest BCUT2D eigenvalue weighted by atomic mass is 9.99. The van der Waals surface area contributed by atoms with Gasteiger partial charge in [0.05, 0.1) is 11.1 Å². The number of carbonyl (C=O) groups is 1. The number of benzene rings is 3. The van der Waals surface area contributed by atoms with E-state index in [-0.39, 0.29) is 18.9 Å². The topological polar surface area (TPSA) is 74.2 Å². The van der Waals surface area contributed by atoms with Gasteiger partial charge in [-0.05, 0) is 67.8 Å². The van der Waals surface area contributed by atoms with Crippen LogP contribution in [0.25, 0.3) is 6.08 Å². The summed E-state index contributed by atoms with van der Waals surface area (Å²) in [5.41, 5.74) is 3.27. The minimum atomic E-state index is -0.469. The smallest absolute Gasteiger partial charge is 0.203 e. The van der Waals surface area contributed by atoms with Crippen molar-refractivity contribution >= 4 is 27.8 Å². The molecule has 186 valence electrons. The highest BCUT2D eigenvalue weighted by Crippen LogP contribution is 2.39. The molecule has 0 fully saturated rings. The highest BCUT2D eigenvalue weighted by molar-refractivity contribution is 9.10. The summed E-state index contributed by atoms with van der Waals surface area (Å²) in [6, 6.07) is 17.0. The van der Waals surface area contributed by atoms with Crippen molar-refractivity contribution in [3.63, 3.8) is 0 Å². The Kier molecular flexibility index (Phi) is 7.89. The van der Waals surface area contributed by atoms with Crippen LogP contribution in [0, 0.1) is 4.91 Å². The van der Waals surface area contributed by atoms with E-state index in [4.69, 9.17) is 14.2 Å². The Bertz CT molecular complexity index is 1300. The molecule has 0 atom stereocenters. The van der Waals surface area contributed by atoms with Gasteiger partial charge in [-0.15, -0.1) is 0 Å². The lowest BCUT2D eigenvalue weighted by Crippen LogP contribution is -2.27. The van der Waals surface area contributed by atoms with E-state index in [1.54, 1.807) is 18.2 Å². The van der Waals surface area contributed by atoms with Crippen LogP contribution in [0.1, 0.15) is 53.4 Å². The number of hydrogen-bond donors (Lipinski definition) is 0. The molecule has 36 heavy (non-hydrogen) atoms. The second kappa shape index (κ2) is 11.1. The summed E-state index contributed by atoms with van der Waals surface area (Å²) >= 11 is 3.57. The summed E-state index contributed by atoms with van der Waals surface area (Å²) < 4.78 is 19.0. The predicted octanol–water partition coefficient (Wildman–Crippen LogP) is 7.30. The van der Waals surface area contributed by atoms with Crippen LogP contribution in [-0.4, -0.2) is 18.0 Å². The summed E-state index contributed by atoms with van der Waals surface area (Å²) in [7, 11) is 0. The molecule has 0 saturated heterocycles. The largest absolute Gasteiger partial charge is 0.488 e. The van der Waals surface area contributed by atoms with Crippen molar-refractivity contribution < 1.29 is 19.0 Å². The molecule has 0 spiro atoms. The average Bonchev–Trinajstić information content (AvgIpc) is 2.87. The Morgan fingerprint density at radius 3 is 2.56 bits per heavy atom. The fraction of sp³-hybridized carbons (Fsp3) is 0.276. The molecule has 0 N–H and O–H groups in total. The van der Waals surface area contributed by atoms with Crippen LogP contribution < -0.4 is 14.2 Å². The number of Topliss-reactive ketones (excluding diaryl/α,β-unsaturated/α-hetero) is 1. The molecule has 6 nitrogen and oxygen atoms in total. The zero-order valence-corrected chi connectivity index (χ0v) is 22.1. The molecule has 4 rings (SSSR count). The van der Waals surface area contributed by atoms with Crippen LogP contribution in [0.15, 0.2) is 70.3 Å². The molecule has 3 aromatic rings. The highest BCUT2D eigenvalue weighted by Gasteiger charge is 2.26. The minimum absolute atomic E-state index is 0.0732. The molecular weight excluding hydrogens is 522 g/mol. The third-order valence-corrected chi connectivity index (χ3v) is 6.65. The number of rotatable bonds is 10. The van der Waals surface area contributed by atoms with Crippen molar-refractivity contribution in [3.8, 4) is 17.2 Å². The molecule has 0 aromatic heterocycles. The zero-order valence-electron chi connectivity index (χ0n) is 20.5. The van der Waals surface area contributed by atoms with E-state index in [0.29, 0.717) is 40.5 Å². The van der Waals surface area contributed by atoms with Gasteiger partial charge in [-0.1, -0.05) is 58.4 Å². The van der Waals surface area contributed by atoms with Gasteiger partial charge in [-0.3, -0.25) is 4.79 Å². The normalized spacial score (nSPS) is 13.4. The van der Waals surface area contributed by atoms with Gasteiger partial charge in [0, 0.05) is 10.0 Å². The van der Waals surface area contributed by atoms with E-state index in [1.807, 2.05) is 69.3 Å². The van der Waals surface area contributed by atoms with Crippen molar-refractivity contribution in [3.05, 3.63) is 97.9 Å². The SMILES string of the molecule is CCc1cc(OCc2ccccc2)c(C(=O)COc2c(CN=O)ccc3c2C=CC(C)(C)O3)cc1Br. The van der Waals surface area contributed by atoms with E-state index in [2.05, 4.69) is 21.1 Å². The third kappa shape index (κ3) is 5.85. The van der Waals surface area contributed by atoms with Gasteiger partial charge < -0.3 is 14.2 Å². The Balaban J connectivity index is 1.61. The number of aryl methyl sites for hydroxylation is 1. The van der Waals surface area contributed by atoms with Crippen molar-refractivity contribution in [2.45, 2.75) is 45.9 Å².